The van der Waals surface area contributed by atoms with Gasteiger partial charge in [-0.1, -0.05) is 44.4 Å². The van der Waals surface area contributed by atoms with Crippen molar-refractivity contribution in [1.29, 1.82) is 0 Å². The number of esters is 2. The molecular formula is C24H38O4. The minimum absolute atomic E-state index is 0.216. The quantitative estimate of drug-likeness (QED) is 0.322. The van der Waals surface area contributed by atoms with Gasteiger partial charge in [0.25, 0.3) is 0 Å². The van der Waals surface area contributed by atoms with E-state index in [9.17, 15) is 9.59 Å². The summed E-state index contributed by atoms with van der Waals surface area (Å²) in [6.45, 7) is 12.0. The highest BCUT2D eigenvalue weighted by molar-refractivity contribution is 5.91. The van der Waals surface area contributed by atoms with Gasteiger partial charge in [-0.05, 0) is 74.7 Å². The molecule has 2 aliphatic rings. The molecule has 0 heterocycles. The predicted octanol–water partition coefficient (Wildman–Crippen LogP) is 5.62. The van der Waals surface area contributed by atoms with Crippen molar-refractivity contribution in [1.82, 2.24) is 0 Å². The lowest BCUT2D eigenvalue weighted by atomic mass is 9.48. The Labute approximate surface area is 170 Å². The predicted molar refractivity (Wildman–Crippen MR) is 112 cm³/mol. The highest BCUT2D eigenvalue weighted by Crippen LogP contribution is 2.60. The van der Waals surface area contributed by atoms with Crippen molar-refractivity contribution in [2.24, 2.45) is 22.7 Å². The van der Waals surface area contributed by atoms with Gasteiger partial charge >= 0.3 is 11.9 Å². The molecule has 0 aromatic rings. The van der Waals surface area contributed by atoms with Gasteiger partial charge in [0.2, 0.25) is 0 Å². The second-order valence-corrected chi connectivity index (χ2v) is 9.66. The molecule has 0 aliphatic heterocycles. The number of ether oxygens (including phenoxy) is 2. The van der Waals surface area contributed by atoms with Crippen LogP contribution in [0.25, 0.3) is 0 Å². The van der Waals surface area contributed by atoms with Crippen LogP contribution in [0.2, 0.25) is 0 Å². The Morgan fingerprint density at radius 2 is 1.93 bits per heavy atom. The smallest absolute Gasteiger partial charge is 0.317 e. The zero-order chi connectivity index (χ0) is 20.9. The van der Waals surface area contributed by atoms with Gasteiger partial charge in [-0.3, -0.25) is 9.59 Å². The summed E-state index contributed by atoms with van der Waals surface area (Å²) in [5.41, 5.74) is 3.59. The molecule has 0 bridgehead atoms. The fraction of sp³-hybridized carbons (Fsp3) is 0.750. The molecule has 28 heavy (non-hydrogen) atoms. The molecule has 3 atom stereocenters. The summed E-state index contributed by atoms with van der Waals surface area (Å²) in [5, 5.41) is 0. The van der Waals surface area contributed by atoms with Crippen molar-refractivity contribution in [2.45, 2.75) is 79.6 Å². The minimum atomic E-state index is -0.566. The molecule has 0 spiro atoms. The third-order valence-electron chi connectivity index (χ3n) is 7.32. The average Bonchev–Trinajstić information content (AvgIpc) is 2.60. The molecule has 2 rings (SSSR count). The van der Waals surface area contributed by atoms with Crippen LogP contribution in [-0.2, 0) is 19.1 Å². The molecule has 2 aliphatic carbocycles. The third-order valence-corrected chi connectivity index (χ3v) is 7.32. The number of hydrogen-bond acceptors (Lipinski definition) is 4. The Balaban J connectivity index is 1.93. The third kappa shape index (κ3) is 5.27. The maximum absolute atomic E-state index is 11.5. The lowest BCUT2D eigenvalue weighted by Gasteiger charge is -2.57. The molecule has 4 heteroatoms. The molecule has 0 aromatic carbocycles. The summed E-state index contributed by atoms with van der Waals surface area (Å²) in [4.78, 5) is 22.6. The molecule has 0 amide bonds. The van der Waals surface area contributed by atoms with Crippen LogP contribution in [0.3, 0.4) is 0 Å². The summed E-state index contributed by atoms with van der Waals surface area (Å²) < 4.78 is 9.57. The fourth-order valence-electron chi connectivity index (χ4n) is 5.69. The monoisotopic (exact) mass is 390 g/mol. The summed E-state index contributed by atoms with van der Waals surface area (Å²) in [5.74, 6) is 0.271. The normalized spacial score (nSPS) is 29.5. The van der Waals surface area contributed by atoms with Crippen molar-refractivity contribution in [2.75, 3.05) is 13.7 Å². The van der Waals surface area contributed by atoms with Gasteiger partial charge in [0.05, 0.1) is 7.11 Å². The molecule has 0 aromatic heterocycles. The Morgan fingerprint density at radius 3 is 2.61 bits per heavy atom. The summed E-state index contributed by atoms with van der Waals surface area (Å²) >= 11 is 0. The highest BCUT2D eigenvalue weighted by atomic mass is 16.5. The van der Waals surface area contributed by atoms with Gasteiger partial charge in [-0.15, -0.1) is 0 Å². The topological polar surface area (TPSA) is 52.6 Å². The van der Waals surface area contributed by atoms with Crippen LogP contribution in [-0.4, -0.2) is 25.7 Å². The van der Waals surface area contributed by atoms with E-state index in [4.69, 9.17) is 4.74 Å². The maximum atomic E-state index is 11.5. The van der Waals surface area contributed by atoms with Crippen LogP contribution in [0.1, 0.15) is 79.6 Å². The molecule has 158 valence electrons. The van der Waals surface area contributed by atoms with Crippen LogP contribution in [0.15, 0.2) is 23.3 Å². The first-order valence-corrected chi connectivity index (χ1v) is 10.6. The summed E-state index contributed by atoms with van der Waals surface area (Å²) in [7, 11) is 1.26. The summed E-state index contributed by atoms with van der Waals surface area (Å²) in [6, 6.07) is 0. The summed E-state index contributed by atoms with van der Waals surface area (Å²) in [6.07, 6.45) is 11.5. The number of carbonyl (C=O) groups is 2. The zero-order valence-corrected chi connectivity index (χ0v) is 18.6. The number of rotatable bonds is 7. The van der Waals surface area contributed by atoms with E-state index in [0.717, 1.165) is 18.8 Å². The van der Waals surface area contributed by atoms with E-state index in [0.29, 0.717) is 16.7 Å². The van der Waals surface area contributed by atoms with Gasteiger partial charge in [-0.25, -0.2) is 0 Å². The molecule has 1 fully saturated rings. The zero-order valence-electron chi connectivity index (χ0n) is 18.6. The van der Waals surface area contributed by atoms with Gasteiger partial charge in [-0.2, -0.15) is 0 Å². The van der Waals surface area contributed by atoms with E-state index in [1.807, 2.05) is 6.08 Å². The maximum Gasteiger partial charge on any atom is 0.317 e. The molecule has 0 saturated heterocycles. The van der Waals surface area contributed by atoms with Crippen molar-refractivity contribution in [3.63, 3.8) is 0 Å². The number of carbonyl (C=O) groups excluding carboxylic acids is 2. The lowest BCUT2D eigenvalue weighted by molar-refractivity contribution is -0.152. The lowest BCUT2D eigenvalue weighted by Crippen LogP contribution is -2.48. The van der Waals surface area contributed by atoms with Crippen molar-refractivity contribution in [3.8, 4) is 0 Å². The first-order chi connectivity index (χ1) is 13.1. The number of allylic oxidation sites excluding steroid dienone is 3. The Bertz CT molecular complexity index is 643. The van der Waals surface area contributed by atoms with Gasteiger partial charge in [0.15, 0.2) is 0 Å². The Kier molecular flexibility index (Phi) is 7.52. The fourth-order valence-corrected chi connectivity index (χ4v) is 5.69. The van der Waals surface area contributed by atoms with E-state index in [1.54, 1.807) is 5.57 Å². The highest BCUT2D eigenvalue weighted by Gasteiger charge is 2.51. The van der Waals surface area contributed by atoms with E-state index in [-0.39, 0.29) is 13.0 Å². The van der Waals surface area contributed by atoms with E-state index < -0.39 is 11.9 Å². The van der Waals surface area contributed by atoms with Gasteiger partial charge in [0.1, 0.15) is 13.0 Å². The minimum Gasteiger partial charge on any atom is -0.469 e. The van der Waals surface area contributed by atoms with Crippen molar-refractivity contribution < 1.29 is 19.1 Å². The molecule has 1 saturated carbocycles. The van der Waals surface area contributed by atoms with E-state index in [2.05, 4.69) is 45.4 Å². The van der Waals surface area contributed by atoms with Gasteiger partial charge in [0, 0.05) is 0 Å². The molecule has 0 radical (unpaired) electrons. The second kappa shape index (κ2) is 9.28. The molecule has 0 N–H and O–H groups in total. The molecule has 0 unspecified atom stereocenters. The van der Waals surface area contributed by atoms with Crippen LogP contribution in [0.5, 0.6) is 0 Å². The molecular weight excluding hydrogens is 352 g/mol. The van der Waals surface area contributed by atoms with Crippen LogP contribution >= 0.6 is 0 Å². The second-order valence-electron chi connectivity index (χ2n) is 9.66. The Hall–Kier alpha value is -1.58. The van der Waals surface area contributed by atoms with Crippen molar-refractivity contribution in [3.05, 3.63) is 23.3 Å². The average molecular weight is 391 g/mol. The first kappa shape index (κ1) is 22.7. The van der Waals surface area contributed by atoms with Crippen LogP contribution < -0.4 is 0 Å². The number of hydrogen-bond donors (Lipinski definition) is 0. The van der Waals surface area contributed by atoms with Crippen LogP contribution in [0, 0.1) is 22.7 Å². The van der Waals surface area contributed by atoms with E-state index in [1.165, 1.54) is 38.4 Å². The van der Waals surface area contributed by atoms with Gasteiger partial charge < -0.3 is 9.47 Å². The standard InChI is InChI=1S/C24H38O4/c1-17(12-15-28-22(26)16-21(25)27-6)8-10-19-18(2)9-11-20-23(3,4)13-7-14-24(19,20)5/h9,12,19-20H,7-8,10-11,13-16H2,1-6H3/b17-12+/t19-,20+,24-/m1/s1. The van der Waals surface area contributed by atoms with Crippen LogP contribution in [0.4, 0.5) is 0 Å². The largest absolute Gasteiger partial charge is 0.469 e. The Morgan fingerprint density at radius 1 is 1.21 bits per heavy atom. The molecule has 4 nitrogen and oxygen atoms in total. The first-order valence-electron chi connectivity index (χ1n) is 10.6. The number of methoxy groups -OCH3 is 1. The van der Waals surface area contributed by atoms with E-state index >= 15 is 0 Å². The SMILES string of the molecule is COC(=O)CC(=O)OC/C=C(\C)CC[C@@H]1C(C)=CC[C@H]2C(C)(C)CCC[C@]12C. The van der Waals surface area contributed by atoms with Crippen molar-refractivity contribution >= 4 is 11.9 Å². The number of fused-ring (bicyclic) bond motifs is 1.